The van der Waals surface area contributed by atoms with Gasteiger partial charge in [0.05, 0.1) is 24.3 Å². The molecule has 0 saturated carbocycles. The van der Waals surface area contributed by atoms with Gasteiger partial charge in [0.25, 0.3) is 0 Å². The van der Waals surface area contributed by atoms with Gasteiger partial charge in [0.1, 0.15) is 19.0 Å². The van der Waals surface area contributed by atoms with E-state index in [1.165, 1.54) is 0 Å². The van der Waals surface area contributed by atoms with Crippen LogP contribution in [0.3, 0.4) is 0 Å². The van der Waals surface area contributed by atoms with Crippen molar-refractivity contribution in [3.8, 4) is 5.75 Å². The molecule has 3 rings (SSSR count). The summed E-state index contributed by atoms with van der Waals surface area (Å²) >= 11 is 0. The zero-order valence-electron chi connectivity index (χ0n) is 19.1. The third-order valence-corrected chi connectivity index (χ3v) is 5.82. The maximum atomic E-state index is 12.5. The molecule has 33 heavy (non-hydrogen) atoms. The summed E-state index contributed by atoms with van der Waals surface area (Å²) in [6.07, 6.45) is 4.64. The van der Waals surface area contributed by atoms with Crippen LogP contribution < -0.4 is 9.64 Å². The smallest absolute Gasteiger partial charge is 0.338 e. The van der Waals surface area contributed by atoms with Crippen molar-refractivity contribution < 1.29 is 29.3 Å². The van der Waals surface area contributed by atoms with Crippen LogP contribution in [0.15, 0.2) is 48.5 Å². The summed E-state index contributed by atoms with van der Waals surface area (Å²) in [6, 6.07) is 14.1. The van der Waals surface area contributed by atoms with E-state index in [1.54, 1.807) is 29.2 Å². The summed E-state index contributed by atoms with van der Waals surface area (Å²) in [7, 11) is 0. The fourth-order valence-electron chi connectivity index (χ4n) is 3.97. The quantitative estimate of drug-likeness (QED) is 0.371. The Morgan fingerprint density at radius 1 is 1.12 bits per heavy atom. The fourth-order valence-corrected chi connectivity index (χ4v) is 3.97. The number of benzene rings is 2. The van der Waals surface area contributed by atoms with Crippen molar-refractivity contribution >= 4 is 17.6 Å². The highest BCUT2D eigenvalue weighted by Gasteiger charge is 2.32. The van der Waals surface area contributed by atoms with Gasteiger partial charge in [-0.2, -0.15) is 0 Å². The van der Waals surface area contributed by atoms with Crippen LogP contribution in [-0.2, 0) is 9.53 Å². The van der Waals surface area contributed by atoms with E-state index in [1.807, 2.05) is 24.3 Å². The third-order valence-electron chi connectivity index (χ3n) is 5.82. The van der Waals surface area contributed by atoms with Crippen molar-refractivity contribution in [2.24, 2.45) is 0 Å². The average molecular weight is 456 g/mol. The molecule has 2 aromatic carbocycles. The topological polar surface area (TPSA) is 96.3 Å². The van der Waals surface area contributed by atoms with Crippen LogP contribution in [0, 0.1) is 0 Å². The van der Waals surface area contributed by atoms with Gasteiger partial charge in [-0.25, -0.2) is 4.79 Å². The first-order chi connectivity index (χ1) is 16.0. The number of nitrogens with zero attached hydrogens (tertiary/aromatic N) is 1. The normalized spacial score (nSPS) is 16.6. The van der Waals surface area contributed by atoms with E-state index in [0.29, 0.717) is 30.8 Å². The van der Waals surface area contributed by atoms with E-state index in [2.05, 4.69) is 6.92 Å². The Morgan fingerprint density at radius 3 is 2.52 bits per heavy atom. The summed E-state index contributed by atoms with van der Waals surface area (Å²) < 4.78 is 10.8. The number of hydrogen-bond acceptors (Lipinski definition) is 6. The lowest BCUT2D eigenvalue weighted by molar-refractivity contribution is -0.117. The highest BCUT2D eigenvalue weighted by atomic mass is 16.5. The van der Waals surface area contributed by atoms with Crippen LogP contribution in [-0.4, -0.2) is 48.0 Å². The summed E-state index contributed by atoms with van der Waals surface area (Å²) in [5.74, 6) is 0.155. The second-order valence-corrected chi connectivity index (χ2v) is 8.25. The van der Waals surface area contributed by atoms with Crippen LogP contribution in [0.1, 0.15) is 67.5 Å². The van der Waals surface area contributed by atoms with Crippen LogP contribution in [0.2, 0.25) is 0 Å². The highest BCUT2D eigenvalue weighted by Crippen LogP contribution is 2.29. The maximum absolute atomic E-state index is 12.5. The van der Waals surface area contributed by atoms with Crippen LogP contribution >= 0.6 is 0 Å². The number of ether oxygens (including phenoxy) is 2. The number of unbranched alkanes of at least 4 members (excludes halogenated alkanes) is 2. The Bertz CT molecular complexity index is 896. The van der Waals surface area contributed by atoms with Crippen LogP contribution in [0.5, 0.6) is 5.75 Å². The Kier molecular flexibility index (Phi) is 9.27. The van der Waals surface area contributed by atoms with Crippen molar-refractivity contribution in [1.29, 1.82) is 0 Å². The van der Waals surface area contributed by atoms with Gasteiger partial charge in [-0.1, -0.05) is 38.3 Å². The van der Waals surface area contributed by atoms with Gasteiger partial charge in [-0.3, -0.25) is 4.79 Å². The standard InChI is InChI=1S/C26H33NO6/c1-2-3-4-5-24(29)19-6-10-21(11-7-19)27-22(12-15-25(27)30)18-33-23-13-8-20(9-14-23)26(31)32-17-16-28/h6-11,13-14,22,24,28-29H,2-5,12,15-18H2,1H3. The maximum Gasteiger partial charge on any atom is 0.338 e. The molecular weight excluding hydrogens is 422 g/mol. The van der Waals surface area contributed by atoms with E-state index < -0.39 is 12.1 Å². The summed E-state index contributed by atoms with van der Waals surface area (Å²) in [5.41, 5.74) is 2.05. The summed E-state index contributed by atoms with van der Waals surface area (Å²) in [6.45, 7) is 2.22. The van der Waals surface area contributed by atoms with Crippen LogP contribution in [0.4, 0.5) is 5.69 Å². The van der Waals surface area contributed by atoms with Gasteiger partial charge in [0, 0.05) is 12.1 Å². The van der Waals surface area contributed by atoms with Crippen LogP contribution in [0.25, 0.3) is 0 Å². The minimum absolute atomic E-state index is 0.0403. The van der Waals surface area contributed by atoms with Gasteiger partial charge in [0.2, 0.25) is 5.91 Å². The molecule has 0 bridgehead atoms. The number of carbonyl (C=O) groups excluding carboxylic acids is 2. The number of amides is 1. The Balaban J connectivity index is 1.58. The van der Waals surface area contributed by atoms with Gasteiger partial charge < -0.3 is 24.6 Å². The number of anilines is 1. The lowest BCUT2D eigenvalue weighted by Crippen LogP contribution is -2.37. The highest BCUT2D eigenvalue weighted by molar-refractivity contribution is 5.96. The molecule has 1 aliphatic rings. The molecule has 0 spiro atoms. The molecular formula is C26H33NO6. The third kappa shape index (κ3) is 6.79. The largest absolute Gasteiger partial charge is 0.491 e. The molecule has 0 radical (unpaired) electrons. The second-order valence-electron chi connectivity index (χ2n) is 8.25. The number of aliphatic hydroxyl groups is 2. The first-order valence-electron chi connectivity index (χ1n) is 11.6. The molecule has 1 amide bonds. The van der Waals surface area contributed by atoms with E-state index in [9.17, 15) is 14.7 Å². The first kappa shape index (κ1) is 24.7. The van der Waals surface area contributed by atoms with Gasteiger partial charge >= 0.3 is 5.97 Å². The Morgan fingerprint density at radius 2 is 1.85 bits per heavy atom. The molecule has 2 unspecified atom stereocenters. The zero-order valence-corrected chi connectivity index (χ0v) is 19.1. The molecule has 178 valence electrons. The van der Waals surface area contributed by atoms with Crippen molar-refractivity contribution in [3.05, 3.63) is 59.7 Å². The predicted molar refractivity (Wildman–Crippen MR) is 125 cm³/mol. The second kappa shape index (κ2) is 12.4. The molecule has 7 heteroatoms. The lowest BCUT2D eigenvalue weighted by atomic mass is 10.0. The van der Waals surface area contributed by atoms with E-state index in [-0.39, 0.29) is 25.2 Å². The minimum atomic E-state index is -0.498. The van der Waals surface area contributed by atoms with Crippen molar-refractivity contribution in [1.82, 2.24) is 0 Å². The first-order valence-corrected chi connectivity index (χ1v) is 11.6. The predicted octanol–water partition coefficient (Wildman–Crippen LogP) is 4.02. The summed E-state index contributed by atoms with van der Waals surface area (Å²) in [5, 5.41) is 19.1. The van der Waals surface area contributed by atoms with E-state index >= 15 is 0 Å². The minimum Gasteiger partial charge on any atom is -0.491 e. The van der Waals surface area contributed by atoms with E-state index in [0.717, 1.165) is 36.9 Å². The molecule has 1 heterocycles. The number of aliphatic hydroxyl groups excluding tert-OH is 2. The van der Waals surface area contributed by atoms with Crippen molar-refractivity contribution in [2.45, 2.75) is 57.6 Å². The number of rotatable bonds is 12. The molecule has 0 aliphatic carbocycles. The monoisotopic (exact) mass is 455 g/mol. The molecule has 0 aromatic heterocycles. The van der Waals surface area contributed by atoms with Gasteiger partial charge in [-0.15, -0.1) is 0 Å². The SMILES string of the molecule is CCCCCC(O)c1ccc(N2C(=O)CCC2COc2ccc(C(=O)OCCO)cc2)cc1. The molecule has 2 atom stereocenters. The average Bonchev–Trinajstić information content (AvgIpc) is 3.21. The molecule has 1 fully saturated rings. The Labute approximate surface area is 194 Å². The molecule has 2 aromatic rings. The fraction of sp³-hybridized carbons (Fsp3) is 0.462. The number of carbonyl (C=O) groups is 2. The Hall–Kier alpha value is -2.90. The number of esters is 1. The van der Waals surface area contributed by atoms with Gasteiger partial charge in [0.15, 0.2) is 0 Å². The molecule has 2 N–H and O–H groups in total. The van der Waals surface area contributed by atoms with Crippen molar-refractivity contribution in [3.63, 3.8) is 0 Å². The molecule has 7 nitrogen and oxygen atoms in total. The molecule has 1 saturated heterocycles. The lowest BCUT2D eigenvalue weighted by Gasteiger charge is -2.25. The van der Waals surface area contributed by atoms with Crippen molar-refractivity contribution in [2.75, 3.05) is 24.7 Å². The van der Waals surface area contributed by atoms with E-state index in [4.69, 9.17) is 14.6 Å². The summed E-state index contributed by atoms with van der Waals surface area (Å²) in [4.78, 5) is 26.1. The zero-order chi connectivity index (χ0) is 23.6. The number of hydrogen-bond donors (Lipinski definition) is 2. The van der Waals surface area contributed by atoms with Gasteiger partial charge in [-0.05, 0) is 54.8 Å². The molecule has 1 aliphatic heterocycles.